The molecule has 464 valence electrons. The minimum atomic E-state index is -1.73. The van der Waals surface area contributed by atoms with Crippen molar-refractivity contribution in [1.82, 2.24) is 58.5 Å². The number of rotatable bonds is 29. The van der Waals surface area contributed by atoms with E-state index in [1.54, 1.807) is 13.8 Å². The van der Waals surface area contributed by atoms with E-state index in [-0.39, 0.29) is 83.6 Å². The van der Waals surface area contributed by atoms with E-state index in [1.807, 2.05) is 0 Å². The van der Waals surface area contributed by atoms with Crippen LogP contribution in [0.15, 0.2) is 0 Å². The first-order valence-corrected chi connectivity index (χ1v) is 28.2. The lowest BCUT2D eigenvalue weighted by Gasteiger charge is -2.29. The van der Waals surface area contributed by atoms with Crippen LogP contribution in [0, 0.1) is 5.92 Å². The van der Waals surface area contributed by atoms with Gasteiger partial charge in [0, 0.05) is 13.0 Å². The number of unbranched alkanes of at least 4 members (excludes halogenated alkanes) is 5. The molecule has 1 saturated heterocycles. The molecule has 81 heavy (non-hydrogen) atoms. The molecule has 24 N–H and O–H groups in total. The predicted molar refractivity (Wildman–Crippen MR) is 298 cm³/mol. The van der Waals surface area contributed by atoms with Gasteiger partial charge >= 0.3 is 0 Å². The number of carbonyl (C=O) groups is 11. The minimum absolute atomic E-state index is 0.0179. The quantitative estimate of drug-likeness (QED) is 0.0310. The lowest BCUT2D eigenvalue weighted by Crippen LogP contribution is -2.62. The third-order valence-corrected chi connectivity index (χ3v) is 13.1. The van der Waals surface area contributed by atoms with Gasteiger partial charge in [-0.05, 0) is 111 Å². The molecule has 0 aromatic carbocycles. The second-order valence-electron chi connectivity index (χ2n) is 20.8. The topological polar surface area (TPSA) is 511 Å². The molecule has 0 bridgehead atoms. The third kappa shape index (κ3) is 27.0. The number of hydrogen-bond donors (Lipinski definition) is 19. The monoisotopic (exact) mass is 1160 g/mol. The number of amides is 11. The Bertz CT molecular complexity index is 2030. The van der Waals surface area contributed by atoms with Crippen molar-refractivity contribution in [2.24, 2.45) is 34.6 Å². The van der Waals surface area contributed by atoms with Gasteiger partial charge in [-0.15, -0.1) is 0 Å². The van der Waals surface area contributed by atoms with Crippen LogP contribution in [0.3, 0.4) is 0 Å². The molecule has 30 nitrogen and oxygen atoms in total. The maximum atomic E-state index is 14.4. The Morgan fingerprint density at radius 1 is 0.519 bits per heavy atom. The van der Waals surface area contributed by atoms with Crippen LogP contribution in [-0.4, -0.2) is 198 Å². The maximum Gasteiger partial charge on any atom is 0.245 e. The second-order valence-corrected chi connectivity index (χ2v) is 20.8. The van der Waals surface area contributed by atoms with E-state index in [1.165, 1.54) is 20.8 Å². The molecule has 0 aromatic rings. The van der Waals surface area contributed by atoms with Gasteiger partial charge in [0.15, 0.2) is 0 Å². The average molecular weight is 1160 g/mol. The highest BCUT2D eigenvalue weighted by molar-refractivity contribution is 5.99. The summed E-state index contributed by atoms with van der Waals surface area (Å²) in [5, 5.41) is 59.4. The Hall–Kier alpha value is -6.15. The van der Waals surface area contributed by atoms with Gasteiger partial charge < -0.3 is 102 Å². The molecule has 0 aromatic heterocycles. The van der Waals surface area contributed by atoms with E-state index in [4.69, 9.17) is 28.7 Å². The molecule has 0 aliphatic carbocycles. The number of nitrogens with one attached hydrogen (secondary N) is 11. The standard InChI is InChI=1S/C51H96N16O14/c1-7-8-9-10-11-12-13-38(71)58-31(14-20-52)46(76)66-40(29(5)69)50(80)63-34(17-23-55)43(73)61-36-19-25-57-49(79)39(28(4)68)65-47(77)35(18-24-56)60-42(72)33(16-22-54)62-51(81)41(30(6)70)67-48(78)37(26-27(2)3)64-44(74)32(15-21-53)59-45(36)75/h27-37,39-41,68-70H,7-26,52-56H2,1-6H3,(H,57,79)(H,58,71)(H,59,75)(H,60,72)(H,61,73)(H,62,81)(H,63,80)(H,64,74)(H,65,77)(H,66,76)(H,67,78)/t28-,29-,30-,31+,32+,33+,34-,35+,36+,37-,39+,40+,41+/m1/s1. The Morgan fingerprint density at radius 2 is 0.963 bits per heavy atom. The number of carbonyl (C=O) groups excluding carboxylic acids is 11. The smallest absolute Gasteiger partial charge is 0.245 e. The van der Waals surface area contributed by atoms with Gasteiger partial charge in [-0.1, -0.05) is 52.9 Å². The van der Waals surface area contributed by atoms with Crippen molar-refractivity contribution in [2.75, 3.05) is 39.3 Å². The van der Waals surface area contributed by atoms with E-state index in [0.717, 1.165) is 32.1 Å². The first kappa shape index (κ1) is 72.9. The molecule has 11 amide bonds. The van der Waals surface area contributed by atoms with E-state index < -0.39 is 157 Å². The zero-order valence-corrected chi connectivity index (χ0v) is 47.9. The largest absolute Gasteiger partial charge is 0.391 e. The zero-order chi connectivity index (χ0) is 61.4. The summed E-state index contributed by atoms with van der Waals surface area (Å²) in [7, 11) is 0. The summed E-state index contributed by atoms with van der Waals surface area (Å²) in [5.41, 5.74) is 29.0. The van der Waals surface area contributed by atoms with Crippen LogP contribution in [0.4, 0.5) is 0 Å². The normalized spacial score (nSPS) is 23.5. The molecule has 1 fully saturated rings. The molecule has 30 heteroatoms. The van der Waals surface area contributed by atoms with Gasteiger partial charge in [-0.3, -0.25) is 52.7 Å². The Morgan fingerprint density at radius 3 is 1.44 bits per heavy atom. The molecule has 0 saturated carbocycles. The van der Waals surface area contributed by atoms with E-state index in [2.05, 4.69) is 65.4 Å². The molecular formula is C51H96N16O14. The van der Waals surface area contributed by atoms with Gasteiger partial charge in [0.25, 0.3) is 0 Å². The fourth-order valence-electron chi connectivity index (χ4n) is 8.52. The average Bonchev–Trinajstić information content (AvgIpc) is 3.40. The van der Waals surface area contributed by atoms with Crippen LogP contribution in [0.25, 0.3) is 0 Å². The van der Waals surface area contributed by atoms with Crippen molar-refractivity contribution in [1.29, 1.82) is 0 Å². The van der Waals surface area contributed by atoms with Crippen molar-refractivity contribution in [3.05, 3.63) is 0 Å². The Kier molecular flexibility index (Phi) is 35.4. The van der Waals surface area contributed by atoms with E-state index in [9.17, 15) is 68.1 Å². The van der Waals surface area contributed by atoms with Crippen molar-refractivity contribution in [3.8, 4) is 0 Å². The van der Waals surface area contributed by atoms with Crippen LogP contribution in [-0.2, 0) is 52.7 Å². The van der Waals surface area contributed by atoms with Crippen LogP contribution in [0.2, 0.25) is 0 Å². The minimum Gasteiger partial charge on any atom is -0.391 e. The molecule has 1 rings (SSSR count). The summed E-state index contributed by atoms with van der Waals surface area (Å²) in [6.45, 7) is 7.83. The molecule has 1 aliphatic rings. The van der Waals surface area contributed by atoms with Crippen molar-refractivity contribution in [2.45, 2.75) is 210 Å². The lowest BCUT2D eigenvalue weighted by molar-refractivity contribution is -0.137. The van der Waals surface area contributed by atoms with E-state index >= 15 is 0 Å². The summed E-state index contributed by atoms with van der Waals surface area (Å²) in [4.78, 5) is 152. The SMILES string of the molecule is CCCCCCCCC(=O)N[C@@H](CCN)C(=O)N[C@H](C(=O)N[C@H](CCN)C(=O)N[C@H]1CCNC(=O)[C@H]([C@@H](C)O)NC(=O)[C@H](CCN)NC(=O)[C@H](CCN)NC(=O)[C@H]([C@@H](C)O)NC(=O)[C@@H](CC(C)C)NC(=O)[C@H](CCN)NC1=O)[C@@H](C)O. The van der Waals surface area contributed by atoms with E-state index in [0.29, 0.717) is 6.42 Å². The Balaban J connectivity index is 3.78. The van der Waals surface area contributed by atoms with Gasteiger partial charge in [-0.2, -0.15) is 0 Å². The number of nitrogens with two attached hydrogens (primary N) is 5. The molecule has 0 radical (unpaired) electrons. The van der Waals surface area contributed by atoms with Gasteiger partial charge in [0.1, 0.15) is 60.4 Å². The number of hydrogen-bond acceptors (Lipinski definition) is 19. The van der Waals surface area contributed by atoms with Crippen LogP contribution in [0.5, 0.6) is 0 Å². The van der Waals surface area contributed by atoms with Crippen LogP contribution < -0.4 is 87.2 Å². The maximum absolute atomic E-state index is 14.4. The first-order chi connectivity index (χ1) is 38.3. The molecule has 0 spiro atoms. The van der Waals surface area contributed by atoms with Crippen molar-refractivity contribution < 1.29 is 68.1 Å². The highest BCUT2D eigenvalue weighted by Crippen LogP contribution is 2.11. The fourth-order valence-corrected chi connectivity index (χ4v) is 8.52. The summed E-state index contributed by atoms with van der Waals surface area (Å²) >= 11 is 0. The first-order valence-electron chi connectivity index (χ1n) is 28.2. The molecule has 1 aliphatic heterocycles. The summed E-state index contributed by atoms with van der Waals surface area (Å²) in [6.07, 6.45) is -0.525. The summed E-state index contributed by atoms with van der Waals surface area (Å²) in [5.74, 6) is -10.6. The number of aliphatic hydroxyl groups is 3. The van der Waals surface area contributed by atoms with Gasteiger partial charge in [0.2, 0.25) is 65.0 Å². The fraction of sp³-hybridized carbons (Fsp3) is 0.784. The Labute approximate surface area is 474 Å². The molecule has 0 unspecified atom stereocenters. The highest BCUT2D eigenvalue weighted by atomic mass is 16.3. The summed E-state index contributed by atoms with van der Waals surface area (Å²) in [6, 6.07) is -15.4. The highest BCUT2D eigenvalue weighted by Gasteiger charge is 2.38. The van der Waals surface area contributed by atoms with Gasteiger partial charge in [-0.25, -0.2) is 0 Å². The van der Waals surface area contributed by atoms with Gasteiger partial charge in [0.05, 0.1) is 18.3 Å². The van der Waals surface area contributed by atoms with Crippen LogP contribution >= 0.6 is 0 Å². The predicted octanol–water partition coefficient (Wildman–Crippen LogP) is -6.96. The lowest BCUT2D eigenvalue weighted by atomic mass is 10.0. The molecule has 1 heterocycles. The zero-order valence-electron chi connectivity index (χ0n) is 47.9. The molecule has 13 atom stereocenters. The number of aliphatic hydroxyl groups excluding tert-OH is 3. The van der Waals surface area contributed by atoms with Crippen molar-refractivity contribution in [3.63, 3.8) is 0 Å². The molecular weight excluding hydrogens is 1060 g/mol. The van der Waals surface area contributed by atoms with Crippen molar-refractivity contribution >= 4 is 65.0 Å². The third-order valence-electron chi connectivity index (χ3n) is 13.1. The van der Waals surface area contributed by atoms with Crippen LogP contribution in [0.1, 0.15) is 131 Å². The second kappa shape index (κ2) is 39.3. The summed E-state index contributed by atoms with van der Waals surface area (Å²) < 4.78 is 0.